The van der Waals surface area contributed by atoms with Gasteiger partial charge in [0.1, 0.15) is 0 Å². The summed E-state index contributed by atoms with van der Waals surface area (Å²) in [7, 11) is 2.12. The number of hydrogen-bond donors (Lipinski definition) is 1. The van der Waals surface area contributed by atoms with E-state index in [-0.39, 0.29) is 0 Å². The van der Waals surface area contributed by atoms with Crippen LogP contribution in [-0.4, -0.2) is 23.3 Å². The molecule has 0 unspecified atom stereocenters. The van der Waals surface area contributed by atoms with E-state index in [0.29, 0.717) is 17.6 Å². The lowest BCUT2D eigenvalue weighted by molar-refractivity contribution is -0.150. The first kappa shape index (κ1) is 14.2. The maximum Gasteiger partial charge on any atom is 0.0661 e. The summed E-state index contributed by atoms with van der Waals surface area (Å²) in [6.45, 7) is 3.97. The Bertz CT molecular complexity index is 434. The Morgan fingerprint density at radius 1 is 1.35 bits per heavy atom. The van der Waals surface area contributed by atoms with Crippen molar-refractivity contribution in [3.05, 3.63) is 24.0 Å². The van der Waals surface area contributed by atoms with E-state index in [1.807, 2.05) is 0 Å². The predicted octanol–water partition coefficient (Wildman–Crippen LogP) is 3.24. The molecular formula is C17H28N2O. The summed E-state index contributed by atoms with van der Waals surface area (Å²) in [5.74, 6) is 0. The Morgan fingerprint density at radius 2 is 2.15 bits per heavy atom. The van der Waals surface area contributed by atoms with Crippen molar-refractivity contribution in [2.45, 2.75) is 64.1 Å². The van der Waals surface area contributed by atoms with Crippen molar-refractivity contribution in [2.24, 2.45) is 12.5 Å². The summed E-state index contributed by atoms with van der Waals surface area (Å²) in [6, 6.07) is 4.98. The molecule has 0 amide bonds. The van der Waals surface area contributed by atoms with Crippen molar-refractivity contribution < 1.29 is 4.74 Å². The van der Waals surface area contributed by atoms with E-state index in [9.17, 15) is 0 Å². The number of aryl methyl sites for hydroxylation is 1. The van der Waals surface area contributed by atoms with Crippen LogP contribution in [0, 0.1) is 5.41 Å². The molecule has 0 radical (unpaired) electrons. The molecular weight excluding hydrogens is 248 g/mol. The maximum atomic E-state index is 6.02. The quantitative estimate of drug-likeness (QED) is 0.893. The normalized spacial score (nSPS) is 28.5. The van der Waals surface area contributed by atoms with Crippen LogP contribution < -0.4 is 5.32 Å². The summed E-state index contributed by atoms with van der Waals surface area (Å²) in [5.41, 5.74) is 1.80. The van der Waals surface area contributed by atoms with Crippen LogP contribution in [0.2, 0.25) is 0 Å². The average Bonchev–Trinajstić information content (AvgIpc) is 2.88. The minimum absolute atomic E-state index is 0.430. The molecule has 0 bridgehead atoms. The van der Waals surface area contributed by atoms with Crippen LogP contribution in [0.5, 0.6) is 0 Å². The summed E-state index contributed by atoms with van der Waals surface area (Å²) < 4.78 is 8.22. The van der Waals surface area contributed by atoms with Gasteiger partial charge in [-0.15, -0.1) is 0 Å². The lowest BCUT2D eigenvalue weighted by Crippen LogP contribution is -2.64. The van der Waals surface area contributed by atoms with Crippen molar-refractivity contribution in [3.8, 4) is 0 Å². The van der Waals surface area contributed by atoms with Gasteiger partial charge in [-0.2, -0.15) is 0 Å². The molecule has 2 atom stereocenters. The summed E-state index contributed by atoms with van der Waals surface area (Å²) >= 11 is 0. The molecule has 1 aromatic rings. The van der Waals surface area contributed by atoms with Gasteiger partial charge in [0.15, 0.2) is 0 Å². The Balaban J connectivity index is 1.62. The van der Waals surface area contributed by atoms with Gasteiger partial charge in [-0.25, -0.2) is 0 Å². The molecule has 3 heteroatoms. The van der Waals surface area contributed by atoms with Crippen LogP contribution in [0.15, 0.2) is 18.3 Å². The van der Waals surface area contributed by atoms with Gasteiger partial charge in [0, 0.05) is 43.5 Å². The lowest BCUT2D eigenvalue weighted by atomic mass is 9.55. The van der Waals surface area contributed by atoms with E-state index < -0.39 is 0 Å². The van der Waals surface area contributed by atoms with Crippen LogP contribution in [-0.2, 0) is 18.3 Å². The highest BCUT2D eigenvalue weighted by atomic mass is 16.5. The molecule has 2 aliphatic carbocycles. The molecule has 0 aromatic carbocycles. The maximum absolute atomic E-state index is 6.02. The van der Waals surface area contributed by atoms with Crippen LogP contribution in [0.3, 0.4) is 0 Å². The number of hydrogen-bond acceptors (Lipinski definition) is 2. The zero-order chi connectivity index (χ0) is 14.0. The molecule has 3 rings (SSSR count). The topological polar surface area (TPSA) is 26.2 Å². The summed E-state index contributed by atoms with van der Waals surface area (Å²) in [5, 5.41) is 3.81. The van der Waals surface area contributed by atoms with Crippen LogP contribution in [0.1, 0.15) is 51.1 Å². The Hall–Kier alpha value is -0.800. The highest BCUT2D eigenvalue weighted by molar-refractivity contribution is 5.11. The standard InChI is InChI=1S/C17H28N2O/c1-3-20-16-12-15(17(16)9-5-4-6-10-17)18-13-14-8-7-11-19(14)2/h7-8,11,15-16,18H,3-6,9-10,12-13H2,1-2H3/t15-,16+/m1/s1. The van der Waals surface area contributed by atoms with E-state index in [4.69, 9.17) is 4.74 Å². The van der Waals surface area contributed by atoms with Crippen LogP contribution in [0.25, 0.3) is 0 Å². The van der Waals surface area contributed by atoms with Gasteiger partial charge < -0.3 is 14.6 Å². The summed E-state index contributed by atoms with van der Waals surface area (Å²) in [4.78, 5) is 0. The van der Waals surface area contributed by atoms with Crippen molar-refractivity contribution >= 4 is 0 Å². The Morgan fingerprint density at radius 3 is 2.80 bits per heavy atom. The van der Waals surface area contributed by atoms with Gasteiger partial charge in [-0.1, -0.05) is 19.3 Å². The first-order chi connectivity index (χ1) is 9.76. The highest BCUT2D eigenvalue weighted by Gasteiger charge is 2.55. The number of nitrogens with one attached hydrogen (secondary N) is 1. The fourth-order valence-corrected chi connectivity index (χ4v) is 4.26. The molecule has 1 heterocycles. The summed E-state index contributed by atoms with van der Waals surface area (Å²) in [6.07, 6.45) is 10.7. The zero-order valence-electron chi connectivity index (χ0n) is 12.9. The van der Waals surface area contributed by atoms with Crippen molar-refractivity contribution in [2.75, 3.05) is 6.61 Å². The predicted molar refractivity (Wildman–Crippen MR) is 81.6 cm³/mol. The third-order valence-electron chi connectivity index (χ3n) is 5.52. The van der Waals surface area contributed by atoms with Gasteiger partial charge in [0.25, 0.3) is 0 Å². The fraction of sp³-hybridized carbons (Fsp3) is 0.765. The van der Waals surface area contributed by atoms with E-state index in [1.165, 1.54) is 44.2 Å². The second-order valence-corrected chi connectivity index (χ2v) is 6.52. The Kier molecular flexibility index (Phi) is 4.18. The molecule has 3 nitrogen and oxygen atoms in total. The van der Waals surface area contributed by atoms with Crippen molar-refractivity contribution in [3.63, 3.8) is 0 Å². The van der Waals surface area contributed by atoms with Gasteiger partial charge in [-0.05, 0) is 38.3 Å². The lowest BCUT2D eigenvalue weighted by Gasteiger charge is -2.58. The van der Waals surface area contributed by atoms with Gasteiger partial charge in [0.2, 0.25) is 0 Å². The second-order valence-electron chi connectivity index (χ2n) is 6.52. The van der Waals surface area contributed by atoms with Gasteiger partial charge >= 0.3 is 0 Å². The van der Waals surface area contributed by atoms with Gasteiger partial charge in [0.05, 0.1) is 6.10 Å². The third kappa shape index (κ3) is 2.42. The number of aromatic nitrogens is 1. The fourth-order valence-electron chi connectivity index (χ4n) is 4.26. The molecule has 20 heavy (non-hydrogen) atoms. The molecule has 2 aliphatic rings. The Labute approximate surface area is 122 Å². The number of ether oxygens (including phenoxy) is 1. The first-order valence-electron chi connectivity index (χ1n) is 8.21. The molecule has 2 saturated carbocycles. The number of nitrogens with zero attached hydrogens (tertiary/aromatic N) is 1. The molecule has 1 aromatic heterocycles. The monoisotopic (exact) mass is 276 g/mol. The molecule has 1 N–H and O–H groups in total. The number of rotatable bonds is 5. The van der Waals surface area contributed by atoms with Crippen LogP contribution >= 0.6 is 0 Å². The van der Waals surface area contributed by atoms with Crippen LogP contribution in [0.4, 0.5) is 0 Å². The largest absolute Gasteiger partial charge is 0.378 e. The SMILES string of the molecule is CCO[C@H]1C[C@@H](NCc2cccn2C)C12CCCCC2. The second kappa shape index (κ2) is 5.90. The molecule has 0 saturated heterocycles. The smallest absolute Gasteiger partial charge is 0.0661 e. The molecule has 2 fully saturated rings. The molecule has 112 valence electrons. The average molecular weight is 276 g/mol. The minimum atomic E-state index is 0.430. The van der Waals surface area contributed by atoms with Crippen molar-refractivity contribution in [1.82, 2.24) is 9.88 Å². The van der Waals surface area contributed by atoms with E-state index in [1.54, 1.807) is 0 Å². The third-order valence-corrected chi connectivity index (χ3v) is 5.52. The van der Waals surface area contributed by atoms with E-state index in [2.05, 4.69) is 42.2 Å². The first-order valence-corrected chi connectivity index (χ1v) is 8.21. The highest BCUT2D eigenvalue weighted by Crippen LogP contribution is 2.53. The zero-order valence-corrected chi connectivity index (χ0v) is 12.9. The van der Waals surface area contributed by atoms with Gasteiger partial charge in [-0.3, -0.25) is 0 Å². The van der Waals surface area contributed by atoms with E-state index >= 15 is 0 Å². The minimum Gasteiger partial charge on any atom is -0.378 e. The van der Waals surface area contributed by atoms with E-state index in [0.717, 1.165) is 13.2 Å². The van der Waals surface area contributed by atoms with Crippen molar-refractivity contribution in [1.29, 1.82) is 0 Å². The molecule has 1 spiro atoms. The molecule has 0 aliphatic heterocycles.